The third-order valence-corrected chi connectivity index (χ3v) is 6.54. The van der Waals surface area contributed by atoms with Gasteiger partial charge in [0.2, 0.25) is 0 Å². The van der Waals surface area contributed by atoms with Crippen LogP contribution in [0.5, 0.6) is 0 Å². The van der Waals surface area contributed by atoms with Gasteiger partial charge in [-0.05, 0) is 30.7 Å². The molecule has 1 aliphatic rings. The van der Waals surface area contributed by atoms with Gasteiger partial charge in [0.25, 0.3) is 5.91 Å². The van der Waals surface area contributed by atoms with Crippen molar-refractivity contribution in [3.05, 3.63) is 112 Å². The highest BCUT2D eigenvalue weighted by Crippen LogP contribution is 2.36. The van der Waals surface area contributed by atoms with Crippen LogP contribution in [0.25, 0.3) is 5.69 Å². The van der Waals surface area contributed by atoms with Gasteiger partial charge in [-0.1, -0.05) is 60.7 Å². The zero-order chi connectivity index (χ0) is 22.1. The van der Waals surface area contributed by atoms with Crippen molar-refractivity contribution in [2.24, 2.45) is 0 Å². The Balaban J connectivity index is 1.42. The molecule has 1 N–H and O–H groups in total. The summed E-state index contributed by atoms with van der Waals surface area (Å²) in [6.07, 6.45) is 0. The van der Waals surface area contributed by atoms with Crippen molar-refractivity contribution >= 4 is 29.3 Å². The molecule has 158 valence electrons. The van der Waals surface area contributed by atoms with Crippen LogP contribution in [0.4, 0.5) is 5.82 Å². The molecule has 0 fully saturated rings. The first-order valence-electron chi connectivity index (χ1n) is 10.4. The molecule has 1 amide bonds. The SMILES string of the molecule is Cc1ccccc1-n1nc2c(c1NC(=O)c1ccc(C(=O)c3ccccc3)cc1)CSC2. The molecule has 4 aromatic rings. The fourth-order valence-corrected chi connectivity index (χ4v) is 4.86. The summed E-state index contributed by atoms with van der Waals surface area (Å²) < 4.78 is 1.84. The number of benzene rings is 3. The van der Waals surface area contributed by atoms with Gasteiger partial charge in [0.05, 0.1) is 11.4 Å². The van der Waals surface area contributed by atoms with E-state index in [-0.39, 0.29) is 11.7 Å². The molecule has 0 saturated heterocycles. The van der Waals surface area contributed by atoms with Gasteiger partial charge in [0.15, 0.2) is 5.78 Å². The second kappa shape index (κ2) is 8.48. The predicted molar refractivity (Wildman–Crippen MR) is 128 cm³/mol. The number of carbonyl (C=O) groups is 2. The average Bonchev–Trinajstić information content (AvgIpc) is 3.42. The van der Waals surface area contributed by atoms with Crippen LogP contribution in [0.1, 0.15) is 43.1 Å². The standard InChI is InChI=1S/C26H21N3O2S/c1-17-7-5-6-10-23(17)29-25(21-15-32-16-22(21)28-29)27-26(31)20-13-11-19(12-14-20)24(30)18-8-3-2-4-9-18/h2-14H,15-16H2,1H3,(H,27,31). The number of ketones is 1. The lowest BCUT2D eigenvalue weighted by Gasteiger charge is -2.13. The number of rotatable bonds is 5. The number of nitrogens with zero attached hydrogens (tertiary/aromatic N) is 2. The molecule has 3 aromatic carbocycles. The van der Waals surface area contributed by atoms with E-state index in [4.69, 9.17) is 5.10 Å². The van der Waals surface area contributed by atoms with Gasteiger partial charge < -0.3 is 5.32 Å². The van der Waals surface area contributed by atoms with Crippen molar-refractivity contribution in [2.75, 3.05) is 5.32 Å². The van der Waals surface area contributed by atoms with Crippen LogP contribution in [0.15, 0.2) is 78.9 Å². The van der Waals surface area contributed by atoms with Crippen LogP contribution in [0, 0.1) is 6.92 Å². The molecule has 5 rings (SSSR count). The van der Waals surface area contributed by atoms with Crippen LogP contribution in [0.2, 0.25) is 0 Å². The molecule has 0 spiro atoms. The van der Waals surface area contributed by atoms with E-state index in [1.54, 1.807) is 48.2 Å². The zero-order valence-corrected chi connectivity index (χ0v) is 18.4. The lowest BCUT2D eigenvalue weighted by molar-refractivity contribution is 0.101. The monoisotopic (exact) mass is 439 g/mol. The Morgan fingerprint density at radius 3 is 2.25 bits per heavy atom. The molecule has 5 nitrogen and oxygen atoms in total. The van der Waals surface area contributed by atoms with Gasteiger partial charge in [-0.15, -0.1) is 0 Å². The second-order valence-corrected chi connectivity index (χ2v) is 8.68. The van der Waals surface area contributed by atoms with E-state index >= 15 is 0 Å². The van der Waals surface area contributed by atoms with E-state index in [2.05, 4.69) is 5.32 Å². The van der Waals surface area contributed by atoms with Crippen molar-refractivity contribution in [1.82, 2.24) is 9.78 Å². The van der Waals surface area contributed by atoms with Crippen LogP contribution in [-0.2, 0) is 11.5 Å². The quantitative estimate of drug-likeness (QED) is 0.422. The number of hydrogen-bond acceptors (Lipinski definition) is 4. The third kappa shape index (κ3) is 3.74. The maximum atomic E-state index is 13.1. The summed E-state index contributed by atoms with van der Waals surface area (Å²) in [4.78, 5) is 25.7. The number of carbonyl (C=O) groups excluding carboxylic acids is 2. The van der Waals surface area contributed by atoms with E-state index < -0.39 is 0 Å². The smallest absolute Gasteiger partial charge is 0.256 e. The van der Waals surface area contributed by atoms with Crippen molar-refractivity contribution in [3.63, 3.8) is 0 Å². The van der Waals surface area contributed by atoms with E-state index in [0.29, 0.717) is 22.5 Å². The number of aryl methyl sites for hydroxylation is 1. The molecular weight excluding hydrogens is 418 g/mol. The number of thioether (sulfide) groups is 1. The van der Waals surface area contributed by atoms with E-state index in [9.17, 15) is 9.59 Å². The molecule has 1 aromatic heterocycles. The molecule has 6 heteroatoms. The number of fused-ring (bicyclic) bond motifs is 1. The summed E-state index contributed by atoms with van der Waals surface area (Å²) in [6, 6.07) is 23.9. The minimum absolute atomic E-state index is 0.0648. The Bertz CT molecular complexity index is 1310. The molecule has 0 atom stereocenters. The van der Waals surface area contributed by atoms with Crippen LogP contribution in [0.3, 0.4) is 0 Å². The first kappa shape index (κ1) is 20.3. The summed E-state index contributed by atoms with van der Waals surface area (Å²) in [7, 11) is 0. The maximum absolute atomic E-state index is 13.1. The summed E-state index contributed by atoms with van der Waals surface area (Å²) in [5.41, 5.74) is 5.79. The van der Waals surface area contributed by atoms with E-state index in [0.717, 1.165) is 34.0 Å². The summed E-state index contributed by atoms with van der Waals surface area (Å²) in [5, 5.41) is 7.85. The topological polar surface area (TPSA) is 64.0 Å². The Morgan fingerprint density at radius 2 is 1.50 bits per heavy atom. The number of hydrogen-bond donors (Lipinski definition) is 1. The van der Waals surface area contributed by atoms with Gasteiger partial charge in [-0.25, -0.2) is 4.68 Å². The Morgan fingerprint density at radius 1 is 0.844 bits per heavy atom. The van der Waals surface area contributed by atoms with E-state index in [1.807, 2.05) is 54.1 Å². The van der Waals surface area contributed by atoms with Gasteiger partial charge >= 0.3 is 0 Å². The molecule has 1 aliphatic heterocycles. The van der Waals surface area contributed by atoms with E-state index in [1.165, 1.54) is 0 Å². The Kier molecular flexibility index (Phi) is 5.37. The first-order chi connectivity index (χ1) is 15.6. The maximum Gasteiger partial charge on any atom is 0.256 e. The highest BCUT2D eigenvalue weighted by atomic mass is 32.2. The van der Waals surface area contributed by atoms with Crippen LogP contribution in [-0.4, -0.2) is 21.5 Å². The zero-order valence-electron chi connectivity index (χ0n) is 17.5. The molecule has 0 radical (unpaired) electrons. The van der Waals surface area contributed by atoms with Crippen molar-refractivity contribution in [1.29, 1.82) is 0 Å². The minimum Gasteiger partial charge on any atom is -0.306 e. The Labute approximate surface area is 190 Å². The fourth-order valence-electron chi connectivity index (χ4n) is 3.83. The molecule has 32 heavy (non-hydrogen) atoms. The van der Waals surface area contributed by atoms with Crippen molar-refractivity contribution < 1.29 is 9.59 Å². The average molecular weight is 440 g/mol. The van der Waals surface area contributed by atoms with Crippen molar-refractivity contribution in [2.45, 2.75) is 18.4 Å². The predicted octanol–water partition coefficient (Wildman–Crippen LogP) is 5.41. The number of para-hydroxylation sites is 1. The van der Waals surface area contributed by atoms with Gasteiger partial charge in [-0.2, -0.15) is 16.9 Å². The molecule has 0 unspecified atom stereocenters. The number of aromatic nitrogens is 2. The molecule has 0 bridgehead atoms. The fraction of sp³-hybridized carbons (Fsp3) is 0.115. The van der Waals surface area contributed by atoms with Gasteiger partial charge in [-0.3, -0.25) is 9.59 Å². The van der Waals surface area contributed by atoms with Crippen molar-refractivity contribution in [3.8, 4) is 5.69 Å². The molecule has 0 saturated carbocycles. The highest BCUT2D eigenvalue weighted by Gasteiger charge is 2.25. The van der Waals surface area contributed by atoms with Crippen LogP contribution >= 0.6 is 11.8 Å². The number of anilines is 1. The van der Waals surface area contributed by atoms with Gasteiger partial charge in [0, 0.05) is 33.8 Å². The number of nitrogens with one attached hydrogen (secondary N) is 1. The molecule has 0 aliphatic carbocycles. The Hall–Kier alpha value is -3.64. The number of amides is 1. The summed E-state index contributed by atoms with van der Waals surface area (Å²) >= 11 is 1.79. The lowest BCUT2D eigenvalue weighted by atomic mass is 10.0. The first-order valence-corrected chi connectivity index (χ1v) is 11.5. The molecule has 2 heterocycles. The second-order valence-electron chi connectivity index (χ2n) is 7.69. The normalized spacial score (nSPS) is 12.4. The van der Waals surface area contributed by atoms with Gasteiger partial charge in [0.1, 0.15) is 5.82 Å². The largest absolute Gasteiger partial charge is 0.306 e. The molecular formula is C26H21N3O2S. The third-order valence-electron chi connectivity index (χ3n) is 5.57. The summed E-state index contributed by atoms with van der Waals surface area (Å²) in [5.74, 6) is 2.09. The summed E-state index contributed by atoms with van der Waals surface area (Å²) in [6.45, 7) is 2.03. The minimum atomic E-state index is -0.224. The lowest BCUT2D eigenvalue weighted by Crippen LogP contribution is -2.16. The van der Waals surface area contributed by atoms with Crippen LogP contribution < -0.4 is 5.32 Å². The highest BCUT2D eigenvalue weighted by molar-refractivity contribution is 7.98.